The second-order valence-corrected chi connectivity index (χ2v) is 3.09. The fourth-order valence-corrected chi connectivity index (χ4v) is 0.686. The summed E-state index contributed by atoms with van der Waals surface area (Å²) < 4.78 is 5.39. The van der Waals surface area contributed by atoms with Crippen LogP contribution in [0.4, 0.5) is 0 Å². The van der Waals surface area contributed by atoms with Crippen LogP contribution in [0.2, 0.25) is 0 Å². The molecule has 0 saturated carbocycles. The highest BCUT2D eigenvalue weighted by molar-refractivity contribution is 4.94. The lowest BCUT2D eigenvalue weighted by molar-refractivity contribution is 0.277. The van der Waals surface area contributed by atoms with Crippen molar-refractivity contribution in [1.82, 2.24) is 4.90 Å². The average Bonchev–Trinajstić information content (AvgIpc) is 2.00. The Hall–Kier alpha value is -0.760. The SMILES string of the molecule is C=C(CCN(C)C)O/C(C)=C/C. The van der Waals surface area contributed by atoms with Crippen molar-refractivity contribution in [3.05, 3.63) is 24.2 Å². The van der Waals surface area contributed by atoms with Gasteiger partial charge in [-0.15, -0.1) is 0 Å². The smallest absolute Gasteiger partial charge is 0.0977 e. The molecule has 2 heteroatoms. The van der Waals surface area contributed by atoms with Crippen LogP contribution in [0, 0.1) is 0 Å². The number of hydrogen-bond donors (Lipinski definition) is 0. The third-order valence-corrected chi connectivity index (χ3v) is 1.55. The van der Waals surface area contributed by atoms with Crippen molar-refractivity contribution in [3.8, 4) is 0 Å². The Morgan fingerprint density at radius 3 is 2.50 bits per heavy atom. The molecular weight excluding hydrogens is 150 g/mol. The predicted molar refractivity (Wildman–Crippen MR) is 52.8 cm³/mol. The molecule has 0 rings (SSSR count). The lowest BCUT2D eigenvalue weighted by atomic mass is 10.3. The number of rotatable bonds is 5. The largest absolute Gasteiger partial charge is 0.467 e. The van der Waals surface area contributed by atoms with Crippen LogP contribution in [0.5, 0.6) is 0 Å². The highest BCUT2D eigenvalue weighted by Crippen LogP contribution is 2.07. The zero-order valence-electron chi connectivity index (χ0n) is 8.55. The van der Waals surface area contributed by atoms with Gasteiger partial charge in [0, 0.05) is 13.0 Å². The molecule has 0 aliphatic rings. The van der Waals surface area contributed by atoms with Crippen LogP contribution in [0.15, 0.2) is 24.2 Å². The molecule has 0 spiro atoms. The Kier molecular flexibility index (Phi) is 5.47. The van der Waals surface area contributed by atoms with E-state index in [1.807, 2.05) is 34.0 Å². The second-order valence-electron chi connectivity index (χ2n) is 3.09. The van der Waals surface area contributed by atoms with E-state index in [1.165, 1.54) is 0 Å². The Morgan fingerprint density at radius 1 is 1.50 bits per heavy atom. The van der Waals surface area contributed by atoms with Gasteiger partial charge >= 0.3 is 0 Å². The van der Waals surface area contributed by atoms with Crippen molar-refractivity contribution in [2.24, 2.45) is 0 Å². The van der Waals surface area contributed by atoms with Gasteiger partial charge in [-0.3, -0.25) is 0 Å². The molecule has 0 N–H and O–H groups in total. The van der Waals surface area contributed by atoms with Gasteiger partial charge in [0.2, 0.25) is 0 Å². The van der Waals surface area contributed by atoms with E-state index in [-0.39, 0.29) is 0 Å². The molecule has 0 atom stereocenters. The highest BCUT2D eigenvalue weighted by Gasteiger charge is 1.97. The van der Waals surface area contributed by atoms with Gasteiger partial charge < -0.3 is 9.64 Å². The summed E-state index contributed by atoms with van der Waals surface area (Å²) >= 11 is 0. The van der Waals surface area contributed by atoms with Crippen molar-refractivity contribution in [2.75, 3.05) is 20.6 Å². The summed E-state index contributed by atoms with van der Waals surface area (Å²) in [5.41, 5.74) is 0. The molecule has 0 radical (unpaired) electrons. The molecule has 0 amide bonds. The maximum Gasteiger partial charge on any atom is 0.0977 e. The van der Waals surface area contributed by atoms with Crippen LogP contribution < -0.4 is 0 Å². The Labute approximate surface area is 75.5 Å². The number of allylic oxidation sites excluding steroid dienone is 2. The van der Waals surface area contributed by atoms with E-state index in [1.54, 1.807) is 0 Å². The van der Waals surface area contributed by atoms with E-state index < -0.39 is 0 Å². The van der Waals surface area contributed by atoms with Crippen LogP contribution in [0.3, 0.4) is 0 Å². The highest BCUT2D eigenvalue weighted by atomic mass is 16.5. The molecule has 0 fully saturated rings. The third kappa shape index (κ3) is 5.98. The Morgan fingerprint density at radius 2 is 2.08 bits per heavy atom. The Bertz CT molecular complexity index is 171. The van der Waals surface area contributed by atoms with Gasteiger partial charge in [-0.2, -0.15) is 0 Å². The third-order valence-electron chi connectivity index (χ3n) is 1.55. The van der Waals surface area contributed by atoms with Crippen molar-refractivity contribution >= 4 is 0 Å². The quantitative estimate of drug-likeness (QED) is 0.586. The monoisotopic (exact) mass is 169 g/mol. The minimum absolute atomic E-state index is 0.833. The van der Waals surface area contributed by atoms with E-state index in [9.17, 15) is 0 Å². The summed E-state index contributed by atoms with van der Waals surface area (Å²) in [5, 5.41) is 0. The summed E-state index contributed by atoms with van der Waals surface area (Å²) in [6, 6.07) is 0. The first-order valence-corrected chi connectivity index (χ1v) is 4.19. The number of ether oxygens (including phenoxy) is 1. The number of hydrogen-bond acceptors (Lipinski definition) is 2. The van der Waals surface area contributed by atoms with E-state index in [0.29, 0.717) is 0 Å². The standard InChI is InChI=1S/C10H19NO/c1-6-9(2)12-10(3)7-8-11(4)5/h6H,3,7-8H2,1-2,4-5H3/b9-6+. The lowest BCUT2D eigenvalue weighted by Crippen LogP contribution is -2.13. The maximum atomic E-state index is 5.39. The molecule has 0 aromatic carbocycles. The van der Waals surface area contributed by atoms with Crippen molar-refractivity contribution in [3.63, 3.8) is 0 Å². The minimum Gasteiger partial charge on any atom is -0.467 e. The second kappa shape index (κ2) is 5.84. The summed E-state index contributed by atoms with van der Waals surface area (Å²) in [5.74, 6) is 1.75. The minimum atomic E-state index is 0.833. The van der Waals surface area contributed by atoms with Crippen molar-refractivity contribution in [1.29, 1.82) is 0 Å². The molecule has 70 valence electrons. The normalized spacial score (nSPS) is 11.9. The first-order valence-electron chi connectivity index (χ1n) is 4.19. The molecule has 0 aliphatic carbocycles. The molecule has 0 aliphatic heterocycles. The topological polar surface area (TPSA) is 12.5 Å². The van der Waals surface area contributed by atoms with Crippen molar-refractivity contribution < 1.29 is 4.74 Å². The van der Waals surface area contributed by atoms with Gasteiger partial charge in [0.15, 0.2) is 0 Å². The van der Waals surface area contributed by atoms with Crippen LogP contribution in [0.25, 0.3) is 0 Å². The van der Waals surface area contributed by atoms with E-state index >= 15 is 0 Å². The molecule has 0 heterocycles. The Balaban J connectivity index is 3.61. The maximum absolute atomic E-state index is 5.39. The van der Waals surface area contributed by atoms with Crippen LogP contribution in [-0.2, 0) is 4.74 Å². The molecule has 0 aromatic rings. The van der Waals surface area contributed by atoms with Gasteiger partial charge in [0.1, 0.15) is 0 Å². The van der Waals surface area contributed by atoms with E-state index in [4.69, 9.17) is 4.74 Å². The van der Waals surface area contributed by atoms with Gasteiger partial charge in [-0.1, -0.05) is 6.58 Å². The molecule has 0 bridgehead atoms. The molecule has 0 unspecified atom stereocenters. The van der Waals surface area contributed by atoms with Gasteiger partial charge in [0.25, 0.3) is 0 Å². The lowest BCUT2D eigenvalue weighted by Gasteiger charge is -2.12. The zero-order chi connectivity index (χ0) is 9.56. The summed E-state index contributed by atoms with van der Waals surface area (Å²) in [6.45, 7) is 8.69. The molecule has 0 saturated heterocycles. The van der Waals surface area contributed by atoms with Gasteiger partial charge in [0.05, 0.1) is 11.5 Å². The molecule has 12 heavy (non-hydrogen) atoms. The number of nitrogens with zero attached hydrogens (tertiary/aromatic N) is 1. The van der Waals surface area contributed by atoms with Crippen LogP contribution in [-0.4, -0.2) is 25.5 Å². The van der Waals surface area contributed by atoms with Crippen molar-refractivity contribution in [2.45, 2.75) is 20.3 Å². The summed E-state index contributed by atoms with van der Waals surface area (Å²) in [4.78, 5) is 2.11. The first kappa shape index (κ1) is 11.2. The first-order chi connectivity index (χ1) is 5.56. The van der Waals surface area contributed by atoms with Crippen LogP contribution >= 0.6 is 0 Å². The fourth-order valence-electron chi connectivity index (χ4n) is 0.686. The van der Waals surface area contributed by atoms with E-state index in [0.717, 1.165) is 24.5 Å². The van der Waals surface area contributed by atoms with Crippen LogP contribution in [0.1, 0.15) is 20.3 Å². The predicted octanol–water partition coefficient (Wildman–Crippen LogP) is 2.39. The summed E-state index contributed by atoms with van der Waals surface area (Å²) in [6.07, 6.45) is 2.82. The molecule has 0 aromatic heterocycles. The van der Waals surface area contributed by atoms with Gasteiger partial charge in [-0.25, -0.2) is 0 Å². The molecule has 2 nitrogen and oxygen atoms in total. The van der Waals surface area contributed by atoms with Gasteiger partial charge in [-0.05, 0) is 34.0 Å². The molecular formula is C10H19NO. The zero-order valence-corrected chi connectivity index (χ0v) is 8.55. The average molecular weight is 169 g/mol. The summed E-state index contributed by atoms with van der Waals surface area (Å²) in [7, 11) is 4.07. The fraction of sp³-hybridized carbons (Fsp3) is 0.600. The van der Waals surface area contributed by atoms with E-state index in [2.05, 4.69) is 11.5 Å².